The zero-order valence-corrected chi connectivity index (χ0v) is 11.9. The van der Waals surface area contributed by atoms with Crippen molar-refractivity contribution in [1.82, 2.24) is 9.55 Å². The molecule has 1 heterocycles. The van der Waals surface area contributed by atoms with Gasteiger partial charge in [0.2, 0.25) is 0 Å². The molecule has 0 bridgehead atoms. The maximum absolute atomic E-state index is 14.0. The van der Waals surface area contributed by atoms with E-state index in [9.17, 15) is 4.39 Å². The second-order valence-electron chi connectivity index (χ2n) is 5.38. The fraction of sp³-hybridized carbons (Fsp3) is 0.188. The van der Waals surface area contributed by atoms with Crippen LogP contribution in [0.25, 0.3) is 22.4 Å². The third-order valence-corrected chi connectivity index (χ3v) is 4.07. The van der Waals surface area contributed by atoms with Gasteiger partial charge in [0.25, 0.3) is 0 Å². The predicted molar refractivity (Wildman–Crippen MR) is 82.8 cm³/mol. The number of halogens is 2. The Morgan fingerprint density at radius 1 is 1.24 bits per heavy atom. The highest BCUT2D eigenvalue weighted by molar-refractivity contribution is 6.31. The molecule has 2 N–H and O–H groups in total. The maximum atomic E-state index is 14.0. The largest absolute Gasteiger partial charge is 0.398 e. The van der Waals surface area contributed by atoms with E-state index in [1.165, 1.54) is 6.07 Å². The number of imidazole rings is 1. The van der Waals surface area contributed by atoms with Gasteiger partial charge in [-0.3, -0.25) is 0 Å². The first-order valence-electron chi connectivity index (χ1n) is 6.87. The van der Waals surface area contributed by atoms with Crippen molar-refractivity contribution in [2.45, 2.75) is 18.9 Å². The van der Waals surface area contributed by atoms with Crippen molar-refractivity contribution in [3.63, 3.8) is 0 Å². The number of nitrogens with two attached hydrogens (primary N) is 1. The number of nitrogens with zero attached hydrogens (tertiary/aromatic N) is 2. The van der Waals surface area contributed by atoms with Crippen molar-refractivity contribution in [3.8, 4) is 11.4 Å². The van der Waals surface area contributed by atoms with Gasteiger partial charge in [0.05, 0.1) is 5.52 Å². The molecular formula is C16H13ClFN3. The summed E-state index contributed by atoms with van der Waals surface area (Å²) in [6, 6.07) is 10.7. The molecule has 1 aromatic heterocycles. The molecule has 5 heteroatoms. The fourth-order valence-corrected chi connectivity index (χ4v) is 2.89. The van der Waals surface area contributed by atoms with Gasteiger partial charge in [-0.1, -0.05) is 17.7 Å². The lowest BCUT2D eigenvalue weighted by atomic mass is 10.1. The van der Waals surface area contributed by atoms with Gasteiger partial charge in [-0.2, -0.15) is 0 Å². The summed E-state index contributed by atoms with van der Waals surface area (Å²) in [6.07, 6.45) is 2.17. The Labute approximate surface area is 126 Å². The Kier molecular flexibility index (Phi) is 2.69. The second kappa shape index (κ2) is 4.46. The van der Waals surface area contributed by atoms with Crippen LogP contribution in [-0.4, -0.2) is 9.55 Å². The van der Waals surface area contributed by atoms with E-state index in [-0.39, 0.29) is 5.82 Å². The van der Waals surface area contributed by atoms with Crippen LogP contribution in [0, 0.1) is 5.82 Å². The Morgan fingerprint density at radius 3 is 2.76 bits per heavy atom. The lowest BCUT2D eigenvalue weighted by Gasteiger charge is -2.10. The molecule has 2 aromatic carbocycles. The molecule has 1 aliphatic rings. The first kappa shape index (κ1) is 12.7. The zero-order chi connectivity index (χ0) is 14.6. The topological polar surface area (TPSA) is 43.8 Å². The Morgan fingerprint density at radius 2 is 2.05 bits per heavy atom. The molecule has 1 fully saturated rings. The second-order valence-corrected chi connectivity index (χ2v) is 5.81. The van der Waals surface area contributed by atoms with Crippen LogP contribution in [0.4, 0.5) is 10.1 Å². The van der Waals surface area contributed by atoms with Crippen LogP contribution in [0.1, 0.15) is 18.9 Å². The Hall–Kier alpha value is -2.07. The molecule has 1 aliphatic carbocycles. The molecule has 4 rings (SSSR count). The number of nitrogen functional groups attached to an aromatic ring is 1. The normalized spacial score (nSPS) is 14.8. The van der Waals surface area contributed by atoms with Gasteiger partial charge >= 0.3 is 0 Å². The van der Waals surface area contributed by atoms with E-state index in [0.717, 1.165) is 23.9 Å². The smallest absolute Gasteiger partial charge is 0.151 e. The summed E-state index contributed by atoms with van der Waals surface area (Å²) >= 11 is 5.96. The first-order chi connectivity index (χ1) is 10.1. The summed E-state index contributed by atoms with van der Waals surface area (Å²) in [6.45, 7) is 0. The number of rotatable bonds is 2. The van der Waals surface area contributed by atoms with Crippen LogP contribution in [0.3, 0.4) is 0 Å². The van der Waals surface area contributed by atoms with Crippen LogP contribution < -0.4 is 5.73 Å². The van der Waals surface area contributed by atoms with Crippen molar-refractivity contribution < 1.29 is 4.39 Å². The number of benzene rings is 2. The van der Waals surface area contributed by atoms with E-state index in [2.05, 4.69) is 9.55 Å². The number of fused-ring (bicyclic) bond motifs is 1. The molecule has 0 unspecified atom stereocenters. The Bertz CT molecular complexity index is 852. The summed E-state index contributed by atoms with van der Waals surface area (Å²) in [5.41, 5.74) is 8.64. The molecular weight excluding hydrogens is 289 g/mol. The summed E-state index contributed by atoms with van der Waals surface area (Å²) in [5, 5.41) is 0.580. The van der Waals surface area contributed by atoms with Gasteiger partial charge < -0.3 is 10.3 Å². The quantitative estimate of drug-likeness (QED) is 0.712. The Balaban J connectivity index is 2.03. The van der Waals surface area contributed by atoms with E-state index in [1.807, 2.05) is 12.1 Å². The van der Waals surface area contributed by atoms with Gasteiger partial charge in [-0.05, 0) is 43.2 Å². The molecule has 3 nitrogen and oxygen atoms in total. The maximum Gasteiger partial charge on any atom is 0.151 e. The van der Waals surface area contributed by atoms with Gasteiger partial charge in [0.1, 0.15) is 11.3 Å². The summed E-state index contributed by atoms with van der Waals surface area (Å²) in [5.74, 6) is 0.410. The summed E-state index contributed by atoms with van der Waals surface area (Å²) in [7, 11) is 0. The van der Waals surface area contributed by atoms with Crippen molar-refractivity contribution in [3.05, 3.63) is 47.2 Å². The standard InChI is InChI=1S/C16H13ClFN3/c17-9-4-7-11(13(19)8-9)16-20-15-12(18)2-1-3-14(15)21(16)10-5-6-10/h1-4,7-8,10H,5-6,19H2. The molecule has 0 saturated heterocycles. The molecule has 21 heavy (non-hydrogen) atoms. The van der Waals surface area contributed by atoms with E-state index in [1.54, 1.807) is 18.2 Å². The number of aromatic nitrogens is 2. The molecule has 1 saturated carbocycles. The number of para-hydroxylation sites is 1. The highest BCUT2D eigenvalue weighted by Gasteiger charge is 2.29. The minimum absolute atomic E-state index is 0.305. The molecule has 106 valence electrons. The lowest BCUT2D eigenvalue weighted by Crippen LogP contribution is -2.00. The number of hydrogen-bond acceptors (Lipinski definition) is 2. The van der Waals surface area contributed by atoms with Gasteiger partial charge in [-0.25, -0.2) is 9.37 Å². The molecule has 3 aromatic rings. The van der Waals surface area contributed by atoms with Crippen LogP contribution in [0.5, 0.6) is 0 Å². The van der Waals surface area contributed by atoms with Crippen molar-refractivity contribution >= 4 is 28.3 Å². The van der Waals surface area contributed by atoms with Crippen molar-refractivity contribution in [1.29, 1.82) is 0 Å². The zero-order valence-electron chi connectivity index (χ0n) is 11.2. The monoisotopic (exact) mass is 301 g/mol. The molecule has 0 spiro atoms. The molecule has 0 atom stereocenters. The van der Waals surface area contributed by atoms with E-state index < -0.39 is 0 Å². The molecule has 0 radical (unpaired) electrons. The van der Waals surface area contributed by atoms with Gasteiger partial charge in [0.15, 0.2) is 5.82 Å². The van der Waals surface area contributed by atoms with E-state index in [4.69, 9.17) is 17.3 Å². The van der Waals surface area contributed by atoms with Gasteiger partial charge in [0, 0.05) is 22.3 Å². The summed E-state index contributed by atoms with van der Waals surface area (Å²) < 4.78 is 16.1. The average molecular weight is 302 g/mol. The van der Waals surface area contributed by atoms with Crippen molar-refractivity contribution in [2.24, 2.45) is 0 Å². The van der Waals surface area contributed by atoms with Crippen LogP contribution in [-0.2, 0) is 0 Å². The third kappa shape index (κ3) is 1.98. The highest BCUT2D eigenvalue weighted by atomic mass is 35.5. The van der Waals surface area contributed by atoms with Crippen LogP contribution >= 0.6 is 11.6 Å². The molecule has 0 aliphatic heterocycles. The van der Waals surface area contributed by atoms with Gasteiger partial charge in [-0.15, -0.1) is 0 Å². The van der Waals surface area contributed by atoms with Crippen molar-refractivity contribution in [2.75, 3.05) is 5.73 Å². The first-order valence-corrected chi connectivity index (χ1v) is 7.25. The number of hydrogen-bond donors (Lipinski definition) is 1. The number of anilines is 1. The predicted octanol–water partition coefficient (Wildman–Crippen LogP) is 4.41. The minimum atomic E-state index is -0.305. The highest BCUT2D eigenvalue weighted by Crippen LogP contribution is 2.42. The minimum Gasteiger partial charge on any atom is -0.398 e. The van der Waals surface area contributed by atoms with Crippen LogP contribution in [0.15, 0.2) is 36.4 Å². The average Bonchev–Trinajstić information content (AvgIpc) is 3.20. The fourth-order valence-electron chi connectivity index (χ4n) is 2.71. The van der Waals surface area contributed by atoms with Crippen LogP contribution in [0.2, 0.25) is 5.02 Å². The van der Waals surface area contributed by atoms with E-state index in [0.29, 0.717) is 28.1 Å². The SMILES string of the molecule is Nc1cc(Cl)ccc1-c1nc2c(F)cccc2n1C1CC1. The van der Waals surface area contributed by atoms with E-state index >= 15 is 0 Å². The summed E-state index contributed by atoms with van der Waals surface area (Å²) in [4.78, 5) is 4.50. The third-order valence-electron chi connectivity index (χ3n) is 3.84. The molecule has 0 amide bonds. The lowest BCUT2D eigenvalue weighted by molar-refractivity contribution is 0.637.